The van der Waals surface area contributed by atoms with Crippen LogP contribution in [0.2, 0.25) is 0 Å². The van der Waals surface area contributed by atoms with Gasteiger partial charge < -0.3 is 10.2 Å². The summed E-state index contributed by atoms with van der Waals surface area (Å²) in [5.41, 5.74) is 4.53. The molecular weight excluding hydrogens is 82.0 g/mol. The Labute approximate surface area is 35.7 Å². The minimum absolute atomic E-state index is 0.826. The molecule has 0 aromatic rings. The molecule has 0 saturated carbocycles. The van der Waals surface area contributed by atoms with Crippen LogP contribution in [0.15, 0.2) is 12.7 Å². The van der Waals surface area contributed by atoms with Gasteiger partial charge in [0.2, 0.25) is 5.91 Å². The van der Waals surface area contributed by atoms with E-state index < -0.39 is 5.91 Å². The summed E-state index contributed by atoms with van der Waals surface area (Å²) in [4.78, 5) is 0. The minimum Gasteiger partial charge on any atom is -0.350 e. The fourth-order valence-electron chi connectivity index (χ4n) is 0. The molecule has 0 fully saturated rings. The Hall–Kier alpha value is -0.380. The SMILES string of the molecule is C=CC(N)(O)O. The first-order valence-electron chi connectivity index (χ1n) is 1.43. The van der Waals surface area contributed by atoms with Gasteiger partial charge in [-0.3, -0.25) is 5.73 Å². The molecule has 0 aromatic heterocycles. The number of hydrogen-bond acceptors (Lipinski definition) is 3. The molecule has 0 aliphatic heterocycles. The van der Waals surface area contributed by atoms with Crippen molar-refractivity contribution in [2.45, 2.75) is 5.91 Å². The standard InChI is InChI=1S/C3H7NO2/c1-2-3(4,5)6/h2,5-6H,1,4H2. The Morgan fingerprint density at radius 2 is 1.83 bits per heavy atom. The summed E-state index contributed by atoms with van der Waals surface area (Å²) < 4.78 is 0. The first kappa shape index (κ1) is 5.62. The molecule has 0 aliphatic rings. The van der Waals surface area contributed by atoms with E-state index in [4.69, 9.17) is 10.2 Å². The maximum Gasteiger partial charge on any atom is 0.240 e. The molecule has 0 saturated heterocycles. The fourth-order valence-corrected chi connectivity index (χ4v) is 0. The number of nitrogens with two attached hydrogens (primary N) is 1. The predicted octanol–water partition coefficient (Wildman–Crippen LogP) is -1.23. The lowest BCUT2D eigenvalue weighted by atomic mass is 10.5. The van der Waals surface area contributed by atoms with Gasteiger partial charge in [0.05, 0.1) is 0 Å². The summed E-state index contributed by atoms with van der Waals surface area (Å²) in [6, 6.07) is 0. The van der Waals surface area contributed by atoms with Crippen LogP contribution in [0.4, 0.5) is 0 Å². The van der Waals surface area contributed by atoms with Crippen LogP contribution in [0.25, 0.3) is 0 Å². The second-order valence-electron chi connectivity index (χ2n) is 0.987. The van der Waals surface area contributed by atoms with Crippen LogP contribution in [0.5, 0.6) is 0 Å². The molecule has 0 rings (SSSR count). The van der Waals surface area contributed by atoms with E-state index in [-0.39, 0.29) is 0 Å². The van der Waals surface area contributed by atoms with Crippen molar-refractivity contribution in [3.8, 4) is 0 Å². The zero-order valence-electron chi connectivity index (χ0n) is 3.26. The lowest BCUT2D eigenvalue weighted by molar-refractivity contribution is -0.111. The quantitative estimate of drug-likeness (QED) is 0.278. The number of rotatable bonds is 1. The van der Waals surface area contributed by atoms with Gasteiger partial charge in [0, 0.05) is 0 Å². The highest BCUT2D eigenvalue weighted by atomic mass is 16.5. The van der Waals surface area contributed by atoms with Gasteiger partial charge in [0.15, 0.2) is 0 Å². The van der Waals surface area contributed by atoms with Crippen molar-refractivity contribution in [2.75, 3.05) is 0 Å². The molecule has 3 heteroatoms. The fraction of sp³-hybridized carbons (Fsp3) is 0.333. The van der Waals surface area contributed by atoms with E-state index in [1.54, 1.807) is 0 Å². The third-order valence-corrected chi connectivity index (χ3v) is 0.300. The second kappa shape index (κ2) is 1.38. The Kier molecular flexibility index (Phi) is 1.29. The van der Waals surface area contributed by atoms with Gasteiger partial charge in [-0.1, -0.05) is 6.58 Å². The molecular formula is C3H7NO2. The molecule has 0 aromatic carbocycles. The molecule has 6 heavy (non-hydrogen) atoms. The summed E-state index contributed by atoms with van der Waals surface area (Å²) in [6.07, 6.45) is 0.826. The molecule has 36 valence electrons. The maximum absolute atomic E-state index is 8.04. The van der Waals surface area contributed by atoms with Gasteiger partial charge >= 0.3 is 0 Å². The third-order valence-electron chi connectivity index (χ3n) is 0.300. The zero-order valence-corrected chi connectivity index (χ0v) is 3.26. The highest BCUT2D eigenvalue weighted by molar-refractivity contribution is 4.78. The highest BCUT2D eigenvalue weighted by Gasteiger charge is 2.05. The monoisotopic (exact) mass is 89.0 g/mol. The van der Waals surface area contributed by atoms with Crippen molar-refractivity contribution in [1.29, 1.82) is 0 Å². The summed E-state index contributed by atoms with van der Waals surface area (Å²) in [5, 5.41) is 16.1. The largest absolute Gasteiger partial charge is 0.350 e. The molecule has 0 heterocycles. The summed E-state index contributed by atoms with van der Waals surface area (Å²) in [7, 11) is 0. The van der Waals surface area contributed by atoms with E-state index in [2.05, 4.69) is 12.3 Å². The van der Waals surface area contributed by atoms with Crippen molar-refractivity contribution in [3.63, 3.8) is 0 Å². The van der Waals surface area contributed by atoms with Gasteiger partial charge in [-0.05, 0) is 6.08 Å². The molecule has 0 atom stereocenters. The van der Waals surface area contributed by atoms with Crippen LogP contribution < -0.4 is 5.73 Å². The van der Waals surface area contributed by atoms with Crippen LogP contribution in [-0.4, -0.2) is 16.1 Å². The van der Waals surface area contributed by atoms with E-state index in [0.29, 0.717) is 0 Å². The molecule has 0 spiro atoms. The van der Waals surface area contributed by atoms with Gasteiger partial charge in [-0.25, -0.2) is 0 Å². The predicted molar refractivity (Wildman–Crippen MR) is 21.6 cm³/mol. The van der Waals surface area contributed by atoms with Crippen LogP contribution in [0.1, 0.15) is 0 Å². The average Bonchev–Trinajstić information content (AvgIpc) is 1.35. The van der Waals surface area contributed by atoms with Crippen LogP contribution in [-0.2, 0) is 0 Å². The topological polar surface area (TPSA) is 66.5 Å². The van der Waals surface area contributed by atoms with Crippen molar-refractivity contribution in [3.05, 3.63) is 12.7 Å². The van der Waals surface area contributed by atoms with Crippen molar-refractivity contribution >= 4 is 0 Å². The smallest absolute Gasteiger partial charge is 0.240 e. The minimum atomic E-state index is -2.19. The molecule has 3 nitrogen and oxygen atoms in total. The maximum atomic E-state index is 8.04. The third kappa shape index (κ3) is 3.62. The molecule has 4 N–H and O–H groups in total. The average molecular weight is 89.1 g/mol. The van der Waals surface area contributed by atoms with E-state index >= 15 is 0 Å². The van der Waals surface area contributed by atoms with Crippen LogP contribution in [0.3, 0.4) is 0 Å². The van der Waals surface area contributed by atoms with Crippen LogP contribution >= 0.6 is 0 Å². The molecule has 0 radical (unpaired) electrons. The van der Waals surface area contributed by atoms with E-state index in [1.807, 2.05) is 0 Å². The molecule has 0 amide bonds. The number of hydrogen-bond donors (Lipinski definition) is 3. The van der Waals surface area contributed by atoms with Gasteiger partial charge in [0.1, 0.15) is 0 Å². The number of aliphatic hydroxyl groups is 2. The van der Waals surface area contributed by atoms with Gasteiger partial charge in [-0.15, -0.1) is 0 Å². The summed E-state index contributed by atoms with van der Waals surface area (Å²) >= 11 is 0. The van der Waals surface area contributed by atoms with E-state index in [1.165, 1.54) is 0 Å². The zero-order chi connectivity index (χ0) is 5.21. The first-order valence-corrected chi connectivity index (χ1v) is 1.43. The Morgan fingerprint density at radius 1 is 1.67 bits per heavy atom. The second-order valence-corrected chi connectivity index (χ2v) is 0.987. The van der Waals surface area contributed by atoms with Crippen molar-refractivity contribution < 1.29 is 10.2 Å². The molecule has 0 bridgehead atoms. The van der Waals surface area contributed by atoms with Crippen molar-refractivity contribution in [2.24, 2.45) is 5.73 Å². The lowest BCUT2D eigenvalue weighted by Crippen LogP contribution is -2.35. The van der Waals surface area contributed by atoms with Gasteiger partial charge in [-0.2, -0.15) is 0 Å². The Bertz CT molecular complexity index is 54.3. The lowest BCUT2D eigenvalue weighted by Gasteiger charge is -2.05. The first-order chi connectivity index (χ1) is 2.56. The summed E-state index contributed by atoms with van der Waals surface area (Å²) in [5.74, 6) is -2.19. The highest BCUT2D eigenvalue weighted by Crippen LogP contribution is 1.83. The molecule has 0 aliphatic carbocycles. The summed E-state index contributed by atoms with van der Waals surface area (Å²) in [6.45, 7) is 3.01. The Balaban J connectivity index is 3.45. The molecule has 0 unspecified atom stereocenters. The Morgan fingerprint density at radius 3 is 1.83 bits per heavy atom. The normalized spacial score (nSPS) is 11.2. The van der Waals surface area contributed by atoms with Crippen molar-refractivity contribution in [1.82, 2.24) is 0 Å². The van der Waals surface area contributed by atoms with Gasteiger partial charge in [0.25, 0.3) is 0 Å². The van der Waals surface area contributed by atoms with E-state index in [0.717, 1.165) is 6.08 Å². The van der Waals surface area contributed by atoms with E-state index in [9.17, 15) is 0 Å². The van der Waals surface area contributed by atoms with Crippen LogP contribution in [0, 0.1) is 0 Å².